The molecule has 174 valence electrons. The monoisotopic (exact) mass is 462 g/mol. The highest BCUT2D eigenvalue weighted by Gasteiger charge is 2.24. The van der Waals surface area contributed by atoms with Gasteiger partial charge < -0.3 is 20.5 Å². The lowest BCUT2D eigenvalue weighted by molar-refractivity contribution is 0.0594. The number of amides is 2. The molecule has 2 aromatic carbocycles. The van der Waals surface area contributed by atoms with Gasteiger partial charge in [-0.1, -0.05) is 36.4 Å². The largest absolute Gasteiger partial charge is 0.386 e. The predicted molar refractivity (Wildman–Crippen MR) is 124 cm³/mol. The number of fused-ring (bicyclic) bond motifs is 1. The van der Waals surface area contributed by atoms with Gasteiger partial charge in [0, 0.05) is 18.9 Å². The van der Waals surface area contributed by atoms with E-state index in [9.17, 15) is 19.1 Å². The normalized spacial score (nSPS) is 12.8. The van der Waals surface area contributed by atoms with Crippen molar-refractivity contribution in [3.8, 4) is 0 Å². The van der Waals surface area contributed by atoms with Gasteiger partial charge in [-0.15, -0.1) is 0 Å². The average molecular weight is 462 g/mol. The van der Waals surface area contributed by atoms with Gasteiger partial charge in [-0.2, -0.15) is 0 Å². The number of aromatic nitrogens is 2. The molecule has 3 N–H and O–H groups in total. The molecule has 0 saturated heterocycles. The first-order valence-electron chi connectivity index (χ1n) is 10.5. The minimum atomic E-state index is -1.01. The summed E-state index contributed by atoms with van der Waals surface area (Å²) < 4.78 is 21.2. The maximum atomic E-state index is 14.5. The summed E-state index contributed by atoms with van der Waals surface area (Å²) in [5.74, 6) is -1.83. The minimum Gasteiger partial charge on any atom is -0.386 e. The van der Waals surface area contributed by atoms with E-state index in [1.165, 1.54) is 25.4 Å². The molecule has 0 fully saturated rings. The number of carbonyl (C=O) groups excluding carboxylic acids is 2. The smallest absolute Gasteiger partial charge is 0.274 e. The molecular weight excluding hydrogens is 439 g/mol. The maximum absolute atomic E-state index is 14.5. The van der Waals surface area contributed by atoms with E-state index in [1.54, 1.807) is 53.1 Å². The number of halogens is 1. The summed E-state index contributed by atoms with van der Waals surface area (Å²) in [6, 6.07) is 17.0. The van der Waals surface area contributed by atoms with Crippen LogP contribution in [0.5, 0.6) is 0 Å². The van der Waals surface area contributed by atoms with E-state index in [-0.39, 0.29) is 23.6 Å². The van der Waals surface area contributed by atoms with Gasteiger partial charge in [-0.25, -0.2) is 9.37 Å². The van der Waals surface area contributed by atoms with E-state index in [4.69, 9.17) is 4.74 Å². The van der Waals surface area contributed by atoms with Crippen molar-refractivity contribution in [3.05, 3.63) is 102 Å². The Bertz CT molecular complexity index is 1310. The molecule has 2 atom stereocenters. The number of carbonyl (C=O) groups is 2. The number of benzene rings is 2. The van der Waals surface area contributed by atoms with Crippen LogP contribution in [-0.4, -0.2) is 46.1 Å². The second-order valence-electron chi connectivity index (χ2n) is 7.61. The van der Waals surface area contributed by atoms with E-state index in [1.807, 2.05) is 6.07 Å². The van der Waals surface area contributed by atoms with Gasteiger partial charge in [0.2, 0.25) is 0 Å². The van der Waals surface area contributed by atoms with E-state index < -0.39 is 29.8 Å². The Labute approximate surface area is 195 Å². The third-order valence-corrected chi connectivity index (χ3v) is 5.31. The van der Waals surface area contributed by atoms with Crippen LogP contribution >= 0.6 is 0 Å². The summed E-state index contributed by atoms with van der Waals surface area (Å²) in [5.41, 5.74) is 1.36. The molecule has 34 heavy (non-hydrogen) atoms. The molecule has 0 spiro atoms. The van der Waals surface area contributed by atoms with Gasteiger partial charge in [-0.05, 0) is 35.9 Å². The molecule has 0 bridgehead atoms. The number of aliphatic hydroxyl groups excluding tert-OH is 1. The number of anilines is 1. The molecule has 0 unspecified atom stereocenters. The van der Waals surface area contributed by atoms with Gasteiger partial charge in [0.05, 0.1) is 24.5 Å². The van der Waals surface area contributed by atoms with Crippen molar-refractivity contribution < 1.29 is 23.8 Å². The van der Waals surface area contributed by atoms with Crippen molar-refractivity contribution in [2.45, 2.75) is 12.1 Å². The fourth-order valence-electron chi connectivity index (χ4n) is 3.57. The van der Waals surface area contributed by atoms with Crippen LogP contribution in [0, 0.1) is 5.82 Å². The highest BCUT2D eigenvalue weighted by atomic mass is 19.1. The molecule has 8 nitrogen and oxygen atoms in total. The molecule has 4 rings (SSSR count). The number of nitrogens with zero attached hydrogens (tertiary/aromatic N) is 2. The summed E-state index contributed by atoms with van der Waals surface area (Å²) in [4.78, 5) is 29.8. The first-order valence-corrected chi connectivity index (χ1v) is 10.5. The predicted octanol–water partition coefficient (Wildman–Crippen LogP) is 3.20. The van der Waals surface area contributed by atoms with Crippen LogP contribution in [-0.2, 0) is 4.74 Å². The fraction of sp³-hybridized carbons (Fsp3) is 0.160. The first kappa shape index (κ1) is 23.1. The number of imidazole rings is 1. The Hall–Kier alpha value is -4.08. The SMILES string of the molecule is COC[C@H](NC(=O)c1ccc(F)c(NC(=O)c2cnc3ccccn23)c1)[C@@H](O)c1ccccc1. The fourth-order valence-corrected chi connectivity index (χ4v) is 3.57. The quantitative estimate of drug-likeness (QED) is 0.373. The molecule has 2 heterocycles. The number of pyridine rings is 1. The van der Waals surface area contributed by atoms with E-state index >= 15 is 0 Å². The van der Waals surface area contributed by atoms with Crippen LogP contribution in [0.3, 0.4) is 0 Å². The second-order valence-corrected chi connectivity index (χ2v) is 7.61. The Morgan fingerprint density at radius 3 is 2.62 bits per heavy atom. The van der Waals surface area contributed by atoms with Gasteiger partial charge in [-0.3, -0.25) is 14.0 Å². The molecular formula is C25H23FN4O4. The number of rotatable bonds is 8. The van der Waals surface area contributed by atoms with Crippen LogP contribution in [0.2, 0.25) is 0 Å². The Kier molecular flexibility index (Phi) is 6.95. The zero-order chi connectivity index (χ0) is 24.1. The third kappa shape index (κ3) is 4.95. The van der Waals surface area contributed by atoms with Crippen molar-refractivity contribution in [1.82, 2.24) is 14.7 Å². The van der Waals surface area contributed by atoms with Gasteiger partial charge in [0.1, 0.15) is 23.3 Å². The molecule has 0 saturated carbocycles. The van der Waals surface area contributed by atoms with E-state index in [0.717, 1.165) is 6.07 Å². The zero-order valence-electron chi connectivity index (χ0n) is 18.3. The molecule has 0 aliphatic rings. The molecule has 9 heteroatoms. The van der Waals surface area contributed by atoms with Crippen molar-refractivity contribution in [2.75, 3.05) is 19.0 Å². The number of hydrogen-bond donors (Lipinski definition) is 3. The summed E-state index contributed by atoms with van der Waals surface area (Å²) in [6.45, 7) is 0.0564. The number of nitrogens with one attached hydrogen (secondary N) is 2. The molecule has 0 radical (unpaired) electrons. The minimum absolute atomic E-state index is 0.0564. The molecule has 2 amide bonds. The highest BCUT2D eigenvalue weighted by Crippen LogP contribution is 2.20. The molecule has 0 aliphatic heterocycles. The van der Waals surface area contributed by atoms with E-state index in [2.05, 4.69) is 15.6 Å². The topological polar surface area (TPSA) is 105 Å². The lowest BCUT2D eigenvalue weighted by Crippen LogP contribution is -2.42. The summed E-state index contributed by atoms with van der Waals surface area (Å²) in [6.07, 6.45) is 2.05. The Morgan fingerprint density at radius 1 is 1.09 bits per heavy atom. The number of ether oxygens (including phenoxy) is 1. The van der Waals surface area contributed by atoms with Gasteiger partial charge in [0.25, 0.3) is 11.8 Å². The second kappa shape index (κ2) is 10.2. The van der Waals surface area contributed by atoms with Crippen LogP contribution in [0.15, 0.2) is 79.1 Å². The van der Waals surface area contributed by atoms with Crippen molar-refractivity contribution >= 4 is 23.1 Å². The van der Waals surface area contributed by atoms with E-state index in [0.29, 0.717) is 11.2 Å². The summed E-state index contributed by atoms with van der Waals surface area (Å²) in [5, 5.41) is 15.9. The zero-order valence-corrected chi connectivity index (χ0v) is 18.3. The van der Waals surface area contributed by atoms with Gasteiger partial charge in [0.15, 0.2) is 0 Å². The number of aliphatic hydroxyl groups is 1. The van der Waals surface area contributed by atoms with Crippen molar-refractivity contribution in [1.29, 1.82) is 0 Å². The summed E-state index contributed by atoms with van der Waals surface area (Å²) in [7, 11) is 1.46. The summed E-state index contributed by atoms with van der Waals surface area (Å²) >= 11 is 0. The standard InChI is InChI=1S/C25H23FN4O4/c1-34-15-20(23(31)16-7-3-2-4-8-16)29-24(32)17-10-11-18(26)19(13-17)28-25(33)21-14-27-22-9-5-6-12-30(21)22/h2-14,20,23,31H,15H2,1H3,(H,28,33)(H,29,32)/t20-,23-/m0/s1. The van der Waals surface area contributed by atoms with Gasteiger partial charge >= 0.3 is 0 Å². The Balaban J connectivity index is 1.52. The average Bonchev–Trinajstić information content (AvgIpc) is 3.29. The molecule has 0 aliphatic carbocycles. The number of methoxy groups -OCH3 is 1. The van der Waals surface area contributed by atoms with Crippen molar-refractivity contribution in [2.24, 2.45) is 0 Å². The van der Waals surface area contributed by atoms with Crippen LogP contribution in [0.1, 0.15) is 32.5 Å². The highest BCUT2D eigenvalue weighted by molar-refractivity contribution is 6.04. The lowest BCUT2D eigenvalue weighted by Gasteiger charge is -2.24. The first-order chi connectivity index (χ1) is 16.5. The van der Waals surface area contributed by atoms with Crippen LogP contribution in [0.25, 0.3) is 5.65 Å². The van der Waals surface area contributed by atoms with Crippen molar-refractivity contribution in [3.63, 3.8) is 0 Å². The number of hydrogen-bond acceptors (Lipinski definition) is 5. The molecule has 2 aromatic heterocycles. The Morgan fingerprint density at radius 2 is 1.85 bits per heavy atom. The third-order valence-electron chi connectivity index (χ3n) is 5.31. The molecule has 4 aromatic rings. The lowest BCUT2D eigenvalue weighted by atomic mass is 10.0. The maximum Gasteiger partial charge on any atom is 0.274 e. The van der Waals surface area contributed by atoms with Crippen LogP contribution in [0.4, 0.5) is 10.1 Å². The van der Waals surface area contributed by atoms with Crippen LogP contribution < -0.4 is 10.6 Å².